The molecule has 4 atom stereocenters. The van der Waals surface area contributed by atoms with Crippen LogP contribution in [0.3, 0.4) is 0 Å². The van der Waals surface area contributed by atoms with Crippen LogP contribution in [-0.4, -0.2) is 30.2 Å². The van der Waals surface area contributed by atoms with E-state index in [1.807, 2.05) is 0 Å². The summed E-state index contributed by atoms with van der Waals surface area (Å²) in [6, 6.07) is 0.235. The van der Waals surface area contributed by atoms with Crippen LogP contribution in [0.5, 0.6) is 0 Å². The van der Waals surface area contributed by atoms with Gasteiger partial charge in [-0.1, -0.05) is 19.8 Å². The zero-order valence-corrected chi connectivity index (χ0v) is 11.6. The highest BCUT2D eigenvalue weighted by molar-refractivity contribution is 5.86. The lowest BCUT2D eigenvalue weighted by atomic mass is 9.76. The fraction of sp³-hybridized carbons (Fsp3) is 0.929. The van der Waals surface area contributed by atoms with Crippen molar-refractivity contribution in [3.8, 4) is 0 Å². The van der Waals surface area contributed by atoms with E-state index in [0.717, 1.165) is 38.7 Å². The monoisotopic (exact) mass is 254 g/mol. The van der Waals surface area contributed by atoms with Crippen LogP contribution < -0.4 is 11.1 Å². The molecule has 2 aliphatic rings. The second kappa shape index (κ2) is 5.57. The summed E-state index contributed by atoms with van der Waals surface area (Å²) in [7, 11) is 0. The van der Waals surface area contributed by atoms with Crippen molar-refractivity contribution in [1.29, 1.82) is 0 Å². The predicted octanol–water partition coefficient (Wildman–Crippen LogP) is 1.58. The van der Waals surface area contributed by atoms with E-state index < -0.39 is 5.54 Å². The van der Waals surface area contributed by atoms with Crippen molar-refractivity contribution in [2.24, 2.45) is 11.7 Å². The number of nitrogens with one attached hydrogen (secondary N) is 1. The van der Waals surface area contributed by atoms with Crippen molar-refractivity contribution in [2.75, 3.05) is 6.61 Å². The standard InChI is InChI=1S/C14H26N2O2/c1-10-4-3-6-14(15,9-10)13(17)16-12-5-7-18-11(2)8-12/h10-12H,3-9,15H2,1-2H3,(H,16,17). The van der Waals surface area contributed by atoms with Gasteiger partial charge in [-0.05, 0) is 38.5 Å². The van der Waals surface area contributed by atoms with Crippen molar-refractivity contribution >= 4 is 5.91 Å². The van der Waals surface area contributed by atoms with E-state index >= 15 is 0 Å². The van der Waals surface area contributed by atoms with E-state index in [9.17, 15) is 4.79 Å². The minimum Gasteiger partial charge on any atom is -0.378 e. The van der Waals surface area contributed by atoms with Crippen LogP contribution in [0.2, 0.25) is 0 Å². The minimum absolute atomic E-state index is 0.0492. The smallest absolute Gasteiger partial charge is 0.240 e. The van der Waals surface area contributed by atoms with Crippen molar-refractivity contribution in [2.45, 2.75) is 70.1 Å². The molecule has 1 amide bonds. The van der Waals surface area contributed by atoms with E-state index in [1.165, 1.54) is 6.42 Å². The molecular weight excluding hydrogens is 228 g/mol. The molecule has 1 heterocycles. The zero-order chi connectivity index (χ0) is 13.2. The van der Waals surface area contributed by atoms with Crippen LogP contribution in [-0.2, 0) is 9.53 Å². The highest BCUT2D eigenvalue weighted by atomic mass is 16.5. The lowest BCUT2D eigenvalue weighted by molar-refractivity contribution is -0.129. The topological polar surface area (TPSA) is 64.4 Å². The summed E-state index contributed by atoms with van der Waals surface area (Å²) in [4.78, 5) is 12.4. The van der Waals surface area contributed by atoms with Gasteiger partial charge >= 0.3 is 0 Å². The van der Waals surface area contributed by atoms with Gasteiger partial charge in [0.15, 0.2) is 0 Å². The number of amides is 1. The first-order valence-corrected chi connectivity index (χ1v) is 7.21. The summed E-state index contributed by atoms with van der Waals surface area (Å²) >= 11 is 0. The van der Waals surface area contributed by atoms with Crippen molar-refractivity contribution in [1.82, 2.24) is 5.32 Å². The molecule has 4 nitrogen and oxygen atoms in total. The molecule has 0 aromatic carbocycles. The van der Waals surface area contributed by atoms with Crippen LogP contribution in [0.25, 0.3) is 0 Å². The molecule has 0 aromatic rings. The molecule has 1 aliphatic carbocycles. The Bertz CT molecular complexity index is 308. The molecule has 1 aliphatic heterocycles. The van der Waals surface area contributed by atoms with Crippen LogP contribution in [0.15, 0.2) is 0 Å². The summed E-state index contributed by atoms with van der Waals surface area (Å²) < 4.78 is 5.49. The molecule has 2 fully saturated rings. The Labute approximate surface area is 110 Å². The van der Waals surface area contributed by atoms with Gasteiger partial charge in [-0.2, -0.15) is 0 Å². The minimum atomic E-state index is -0.640. The van der Waals surface area contributed by atoms with Gasteiger partial charge in [0.1, 0.15) is 0 Å². The molecule has 4 heteroatoms. The Morgan fingerprint density at radius 3 is 2.83 bits per heavy atom. The van der Waals surface area contributed by atoms with E-state index in [-0.39, 0.29) is 18.1 Å². The SMILES string of the molecule is CC1CCCC(N)(C(=O)NC2CCOC(C)C2)C1. The molecule has 3 N–H and O–H groups in total. The van der Waals surface area contributed by atoms with Gasteiger partial charge in [0.25, 0.3) is 0 Å². The second-order valence-corrected chi connectivity index (χ2v) is 6.23. The highest BCUT2D eigenvalue weighted by Crippen LogP contribution is 2.30. The van der Waals surface area contributed by atoms with Crippen LogP contribution in [0.1, 0.15) is 52.4 Å². The Hall–Kier alpha value is -0.610. The zero-order valence-electron chi connectivity index (χ0n) is 11.6. The number of carbonyl (C=O) groups is 1. The fourth-order valence-electron chi connectivity index (χ4n) is 3.26. The molecule has 0 radical (unpaired) electrons. The van der Waals surface area contributed by atoms with E-state index in [2.05, 4.69) is 19.2 Å². The molecule has 0 aromatic heterocycles. The summed E-state index contributed by atoms with van der Waals surface area (Å²) in [5.74, 6) is 0.608. The molecule has 2 rings (SSSR count). The first-order chi connectivity index (χ1) is 8.49. The number of carbonyl (C=O) groups excluding carboxylic acids is 1. The van der Waals surface area contributed by atoms with Crippen molar-refractivity contribution in [3.63, 3.8) is 0 Å². The third-order valence-electron chi connectivity index (χ3n) is 4.31. The summed E-state index contributed by atoms with van der Waals surface area (Å²) in [6.07, 6.45) is 5.94. The molecular formula is C14H26N2O2. The molecule has 4 unspecified atom stereocenters. The molecule has 0 spiro atoms. The highest BCUT2D eigenvalue weighted by Gasteiger charge is 2.39. The molecule has 104 valence electrons. The normalized spacial score (nSPS) is 41.4. The van der Waals surface area contributed by atoms with Gasteiger partial charge in [-0.15, -0.1) is 0 Å². The van der Waals surface area contributed by atoms with Gasteiger partial charge in [0.05, 0.1) is 11.6 Å². The summed E-state index contributed by atoms with van der Waals surface area (Å²) in [5.41, 5.74) is 5.66. The third kappa shape index (κ3) is 3.23. The summed E-state index contributed by atoms with van der Waals surface area (Å²) in [5, 5.41) is 3.14. The molecule has 1 saturated heterocycles. The number of hydrogen-bond acceptors (Lipinski definition) is 3. The average Bonchev–Trinajstić information content (AvgIpc) is 2.28. The van der Waals surface area contributed by atoms with E-state index in [1.54, 1.807) is 0 Å². The molecule has 18 heavy (non-hydrogen) atoms. The van der Waals surface area contributed by atoms with Gasteiger partial charge in [-0.25, -0.2) is 0 Å². The fourth-order valence-corrected chi connectivity index (χ4v) is 3.26. The van der Waals surface area contributed by atoms with Crippen LogP contribution >= 0.6 is 0 Å². The lowest BCUT2D eigenvalue weighted by Gasteiger charge is -2.37. The maximum atomic E-state index is 12.4. The maximum Gasteiger partial charge on any atom is 0.240 e. The van der Waals surface area contributed by atoms with Crippen molar-refractivity contribution in [3.05, 3.63) is 0 Å². The second-order valence-electron chi connectivity index (χ2n) is 6.23. The predicted molar refractivity (Wildman–Crippen MR) is 71.1 cm³/mol. The largest absolute Gasteiger partial charge is 0.378 e. The number of ether oxygens (including phenoxy) is 1. The summed E-state index contributed by atoms with van der Waals surface area (Å²) in [6.45, 7) is 4.98. The lowest BCUT2D eigenvalue weighted by Crippen LogP contribution is -2.58. The number of hydrogen-bond donors (Lipinski definition) is 2. The van der Waals surface area contributed by atoms with Gasteiger partial charge < -0.3 is 15.8 Å². The maximum absolute atomic E-state index is 12.4. The molecule has 1 saturated carbocycles. The van der Waals surface area contributed by atoms with E-state index in [4.69, 9.17) is 10.5 Å². The average molecular weight is 254 g/mol. The Balaban J connectivity index is 1.90. The molecule has 0 bridgehead atoms. The number of rotatable bonds is 2. The quantitative estimate of drug-likeness (QED) is 0.786. The Morgan fingerprint density at radius 2 is 2.17 bits per heavy atom. The van der Waals surface area contributed by atoms with Gasteiger partial charge in [0.2, 0.25) is 5.91 Å². The van der Waals surface area contributed by atoms with Gasteiger partial charge in [0, 0.05) is 12.6 Å². The third-order valence-corrected chi connectivity index (χ3v) is 4.31. The van der Waals surface area contributed by atoms with Crippen molar-refractivity contribution < 1.29 is 9.53 Å². The Morgan fingerprint density at radius 1 is 1.39 bits per heavy atom. The van der Waals surface area contributed by atoms with E-state index in [0.29, 0.717) is 5.92 Å². The number of nitrogens with two attached hydrogens (primary N) is 1. The van der Waals surface area contributed by atoms with Crippen LogP contribution in [0, 0.1) is 5.92 Å². The first-order valence-electron chi connectivity index (χ1n) is 7.21. The Kier molecular flexibility index (Phi) is 4.28. The first kappa shape index (κ1) is 13.8. The van der Waals surface area contributed by atoms with Crippen LogP contribution in [0.4, 0.5) is 0 Å². The van der Waals surface area contributed by atoms with Gasteiger partial charge in [-0.3, -0.25) is 4.79 Å².